The van der Waals surface area contributed by atoms with Crippen LogP contribution in [0.2, 0.25) is 0 Å². The fraction of sp³-hybridized carbons (Fsp3) is 0.368. The van der Waals surface area contributed by atoms with Gasteiger partial charge in [-0.05, 0) is 25.1 Å². The molecule has 0 bridgehead atoms. The molecule has 1 heterocycles. The molecule has 0 fully saturated rings. The van der Waals surface area contributed by atoms with Gasteiger partial charge in [-0.25, -0.2) is 9.98 Å². The van der Waals surface area contributed by atoms with E-state index in [4.69, 9.17) is 4.74 Å². The molecule has 152 valence electrons. The monoisotopic (exact) mass is 395 g/mol. The molecule has 2 aromatic rings. The second kappa shape index (κ2) is 10.4. The molecule has 3 N–H and O–H groups in total. The van der Waals surface area contributed by atoms with Crippen molar-refractivity contribution in [3.8, 4) is 5.75 Å². The van der Waals surface area contributed by atoms with E-state index in [9.17, 15) is 13.2 Å². The average Bonchev–Trinajstić information content (AvgIpc) is 2.69. The number of para-hydroxylation sites is 1. The Hall–Kier alpha value is -2.97. The number of aromatic nitrogens is 1. The summed E-state index contributed by atoms with van der Waals surface area (Å²) in [6, 6.07) is 9.84. The summed E-state index contributed by atoms with van der Waals surface area (Å²) >= 11 is 0. The van der Waals surface area contributed by atoms with Gasteiger partial charge in [-0.2, -0.15) is 13.2 Å². The maximum absolute atomic E-state index is 13.0. The van der Waals surface area contributed by atoms with Crippen molar-refractivity contribution in [2.24, 2.45) is 4.99 Å². The van der Waals surface area contributed by atoms with Crippen LogP contribution >= 0.6 is 0 Å². The molecule has 0 aliphatic carbocycles. The predicted molar refractivity (Wildman–Crippen MR) is 104 cm³/mol. The van der Waals surface area contributed by atoms with Gasteiger partial charge >= 0.3 is 6.18 Å². The van der Waals surface area contributed by atoms with E-state index >= 15 is 0 Å². The van der Waals surface area contributed by atoms with Crippen LogP contribution in [0.1, 0.15) is 18.1 Å². The minimum absolute atomic E-state index is 0.187. The molecular formula is C19H24F3N5O. The highest BCUT2D eigenvalue weighted by Crippen LogP contribution is 2.33. The Labute approximate surface area is 162 Å². The third-order valence-corrected chi connectivity index (χ3v) is 3.77. The van der Waals surface area contributed by atoms with Gasteiger partial charge < -0.3 is 20.7 Å². The number of halogens is 3. The molecule has 0 atom stereocenters. The molecule has 0 radical (unpaired) electrons. The fourth-order valence-corrected chi connectivity index (χ4v) is 2.48. The van der Waals surface area contributed by atoms with E-state index in [0.29, 0.717) is 25.6 Å². The third-order valence-electron chi connectivity index (χ3n) is 3.77. The van der Waals surface area contributed by atoms with E-state index in [1.807, 2.05) is 31.2 Å². The van der Waals surface area contributed by atoms with Crippen LogP contribution in [0.15, 0.2) is 47.6 Å². The first-order valence-corrected chi connectivity index (χ1v) is 8.85. The number of methoxy groups -OCH3 is 1. The van der Waals surface area contributed by atoms with Gasteiger partial charge in [-0.3, -0.25) is 0 Å². The Balaban J connectivity index is 1.92. The molecular weight excluding hydrogens is 371 g/mol. The number of hydrogen-bond donors (Lipinski definition) is 3. The van der Waals surface area contributed by atoms with Crippen molar-refractivity contribution < 1.29 is 17.9 Å². The summed E-state index contributed by atoms with van der Waals surface area (Å²) in [5.41, 5.74) is 0.148. The summed E-state index contributed by atoms with van der Waals surface area (Å²) in [7, 11) is 1.60. The van der Waals surface area contributed by atoms with Crippen molar-refractivity contribution >= 4 is 11.8 Å². The largest absolute Gasteiger partial charge is 0.496 e. The van der Waals surface area contributed by atoms with Crippen LogP contribution in [-0.2, 0) is 12.7 Å². The van der Waals surface area contributed by atoms with Gasteiger partial charge in [0.2, 0.25) is 0 Å². The lowest BCUT2D eigenvalue weighted by Gasteiger charge is -2.15. The SMILES string of the molecule is CCNC(=NCc1ccccc1OC)NCCNc1ncccc1C(F)(F)F. The van der Waals surface area contributed by atoms with Gasteiger partial charge in [0, 0.05) is 31.4 Å². The number of ether oxygens (including phenoxy) is 1. The molecule has 9 heteroatoms. The van der Waals surface area contributed by atoms with Crippen LogP contribution in [0.3, 0.4) is 0 Å². The van der Waals surface area contributed by atoms with Crippen molar-refractivity contribution in [2.75, 3.05) is 32.1 Å². The van der Waals surface area contributed by atoms with Crippen LogP contribution in [0.4, 0.5) is 19.0 Å². The van der Waals surface area contributed by atoms with E-state index in [-0.39, 0.29) is 12.4 Å². The number of hydrogen-bond acceptors (Lipinski definition) is 4. The molecule has 0 aliphatic heterocycles. The predicted octanol–water partition coefficient (Wildman–Crippen LogP) is 3.28. The summed E-state index contributed by atoms with van der Waals surface area (Å²) < 4.78 is 44.2. The molecule has 1 aromatic carbocycles. The summed E-state index contributed by atoms with van der Waals surface area (Å²) in [6.45, 7) is 3.61. The summed E-state index contributed by atoms with van der Waals surface area (Å²) in [6.07, 6.45) is -3.13. The summed E-state index contributed by atoms with van der Waals surface area (Å²) in [5, 5.41) is 8.90. The first-order valence-electron chi connectivity index (χ1n) is 8.85. The molecule has 1 aromatic heterocycles. The molecule has 0 saturated carbocycles. The molecule has 28 heavy (non-hydrogen) atoms. The van der Waals surface area contributed by atoms with Gasteiger partial charge in [0.05, 0.1) is 19.2 Å². The number of alkyl halides is 3. The van der Waals surface area contributed by atoms with Crippen LogP contribution in [0.25, 0.3) is 0 Å². The van der Waals surface area contributed by atoms with Crippen molar-refractivity contribution in [1.82, 2.24) is 15.6 Å². The second-order valence-electron chi connectivity index (χ2n) is 5.76. The molecule has 0 amide bonds. The van der Waals surface area contributed by atoms with E-state index in [2.05, 4.69) is 25.9 Å². The standard InChI is InChI=1S/C19H24F3N5O/c1-3-23-18(27-13-14-7-4-5-9-16(14)28-2)26-12-11-25-17-15(19(20,21)22)8-6-10-24-17/h4-10H,3,11-13H2,1-2H3,(H,24,25)(H2,23,26,27). The number of guanidine groups is 1. The number of nitrogens with one attached hydrogen (secondary N) is 3. The van der Waals surface area contributed by atoms with E-state index < -0.39 is 11.7 Å². The lowest BCUT2D eigenvalue weighted by Crippen LogP contribution is -2.39. The lowest BCUT2D eigenvalue weighted by atomic mass is 10.2. The molecule has 0 spiro atoms. The van der Waals surface area contributed by atoms with Crippen molar-refractivity contribution in [2.45, 2.75) is 19.6 Å². The second-order valence-corrected chi connectivity index (χ2v) is 5.76. The van der Waals surface area contributed by atoms with Crippen molar-refractivity contribution in [3.63, 3.8) is 0 Å². The maximum Gasteiger partial charge on any atom is 0.419 e. The highest BCUT2D eigenvalue weighted by atomic mass is 19.4. The van der Waals surface area contributed by atoms with Gasteiger partial charge in [-0.1, -0.05) is 18.2 Å². The third kappa shape index (κ3) is 6.33. The Morgan fingerprint density at radius 2 is 1.89 bits per heavy atom. The molecule has 0 unspecified atom stereocenters. The Morgan fingerprint density at radius 1 is 1.11 bits per heavy atom. The minimum Gasteiger partial charge on any atom is -0.496 e. The topological polar surface area (TPSA) is 70.6 Å². The number of anilines is 1. The highest BCUT2D eigenvalue weighted by molar-refractivity contribution is 5.79. The average molecular weight is 395 g/mol. The Bertz CT molecular complexity index is 780. The van der Waals surface area contributed by atoms with Crippen molar-refractivity contribution in [1.29, 1.82) is 0 Å². The zero-order valence-electron chi connectivity index (χ0n) is 15.8. The maximum atomic E-state index is 13.0. The summed E-state index contributed by atoms with van der Waals surface area (Å²) in [5.74, 6) is 1.12. The Morgan fingerprint density at radius 3 is 2.61 bits per heavy atom. The number of rotatable bonds is 8. The van der Waals surface area contributed by atoms with Crippen molar-refractivity contribution in [3.05, 3.63) is 53.7 Å². The quantitative estimate of drug-likeness (QED) is 0.364. The van der Waals surface area contributed by atoms with Gasteiger partial charge in [-0.15, -0.1) is 0 Å². The number of nitrogens with zero attached hydrogens (tertiary/aromatic N) is 2. The number of benzene rings is 1. The Kier molecular flexibility index (Phi) is 7.91. The zero-order valence-corrected chi connectivity index (χ0v) is 15.8. The van der Waals surface area contributed by atoms with Crippen LogP contribution in [-0.4, -0.2) is 37.7 Å². The zero-order chi connectivity index (χ0) is 20.4. The fourth-order valence-electron chi connectivity index (χ4n) is 2.48. The molecule has 0 saturated heterocycles. The first kappa shape index (κ1) is 21.3. The van der Waals surface area contributed by atoms with Gasteiger partial charge in [0.25, 0.3) is 0 Å². The van der Waals surface area contributed by atoms with Crippen LogP contribution in [0.5, 0.6) is 5.75 Å². The van der Waals surface area contributed by atoms with Gasteiger partial charge in [0.1, 0.15) is 11.6 Å². The molecule has 2 rings (SSSR count). The number of aliphatic imine (C=N–C) groups is 1. The van der Waals surface area contributed by atoms with E-state index in [0.717, 1.165) is 17.4 Å². The molecule has 6 nitrogen and oxygen atoms in total. The smallest absolute Gasteiger partial charge is 0.419 e. The van der Waals surface area contributed by atoms with Gasteiger partial charge in [0.15, 0.2) is 5.96 Å². The summed E-state index contributed by atoms with van der Waals surface area (Å²) in [4.78, 5) is 8.26. The van der Waals surface area contributed by atoms with Crippen LogP contribution in [0, 0.1) is 0 Å². The van der Waals surface area contributed by atoms with E-state index in [1.165, 1.54) is 12.3 Å². The lowest BCUT2D eigenvalue weighted by molar-refractivity contribution is -0.137. The first-order chi connectivity index (χ1) is 13.5. The minimum atomic E-state index is -4.45. The van der Waals surface area contributed by atoms with Crippen LogP contribution < -0.4 is 20.7 Å². The normalized spacial score (nSPS) is 11.8. The highest BCUT2D eigenvalue weighted by Gasteiger charge is 2.33. The molecule has 0 aliphatic rings. The van der Waals surface area contributed by atoms with E-state index in [1.54, 1.807) is 7.11 Å². The number of pyridine rings is 1.